The minimum absolute atomic E-state index is 0.276. The van der Waals surface area contributed by atoms with E-state index in [1.807, 2.05) is 48.5 Å². The van der Waals surface area contributed by atoms with Gasteiger partial charge in [-0.25, -0.2) is 0 Å². The molecule has 0 fully saturated rings. The molecule has 9 heteroatoms. The second-order valence-electron chi connectivity index (χ2n) is 8.92. The second-order valence-corrected chi connectivity index (χ2v) is 13.5. The van der Waals surface area contributed by atoms with Crippen molar-refractivity contribution in [3.63, 3.8) is 0 Å². The maximum Gasteiger partial charge on any atom is 0.264 e. The molecular formula is C29H25Cl2NO3S3. The number of hydrogen-bond acceptors (Lipinski definition) is 5. The van der Waals surface area contributed by atoms with E-state index in [1.165, 1.54) is 0 Å². The fraction of sp³-hybridized carbons (Fsp3) is 0.172. The molecule has 0 saturated carbocycles. The van der Waals surface area contributed by atoms with Crippen LogP contribution in [-0.4, -0.2) is 18.7 Å². The third kappa shape index (κ3) is 6.14. The van der Waals surface area contributed by atoms with Crippen molar-refractivity contribution in [1.82, 2.24) is 0 Å². The summed E-state index contributed by atoms with van der Waals surface area (Å²) in [5, 5.41) is 3.43. The molecule has 0 atom stereocenters. The summed E-state index contributed by atoms with van der Waals surface area (Å²) in [5.41, 5.74) is 4.30. The van der Waals surface area contributed by atoms with Gasteiger partial charge in [0.15, 0.2) is 0 Å². The molecule has 1 N–H and O–H groups in total. The molecule has 0 aliphatic carbocycles. The Morgan fingerprint density at radius 3 is 2.50 bits per heavy atom. The number of allylic oxidation sites excluding steroid dienone is 2. The molecular weight excluding hydrogens is 577 g/mol. The molecule has 0 unspecified atom stereocenters. The second kappa shape index (κ2) is 11.5. The van der Waals surface area contributed by atoms with Gasteiger partial charge in [-0.2, -0.15) is 8.42 Å². The SMILES string of the molecule is CCC(=Cc1sc2ccc(Cl)cc2c1CCCS(=O)(=O)O)C=C1Sc2ccc(Cl)cc2N1c1ccccc1. The minimum atomic E-state index is -4.02. The van der Waals surface area contributed by atoms with Gasteiger partial charge >= 0.3 is 0 Å². The first-order chi connectivity index (χ1) is 18.2. The Morgan fingerprint density at radius 2 is 1.76 bits per heavy atom. The van der Waals surface area contributed by atoms with Crippen molar-refractivity contribution in [3.8, 4) is 0 Å². The van der Waals surface area contributed by atoms with Crippen LogP contribution in [0.3, 0.4) is 0 Å². The summed E-state index contributed by atoms with van der Waals surface area (Å²) in [6.07, 6.45) is 6.06. The largest absolute Gasteiger partial charge is 0.303 e. The zero-order chi connectivity index (χ0) is 26.9. The van der Waals surface area contributed by atoms with Gasteiger partial charge in [0.25, 0.3) is 10.1 Å². The van der Waals surface area contributed by atoms with Gasteiger partial charge in [0, 0.05) is 30.2 Å². The molecule has 1 aliphatic rings. The van der Waals surface area contributed by atoms with Gasteiger partial charge in [-0.1, -0.05) is 60.1 Å². The number of hydrogen-bond donors (Lipinski definition) is 1. The van der Waals surface area contributed by atoms with Crippen LogP contribution in [0.25, 0.3) is 16.2 Å². The van der Waals surface area contributed by atoms with Crippen LogP contribution in [0.2, 0.25) is 10.0 Å². The smallest absolute Gasteiger partial charge is 0.264 e. The topological polar surface area (TPSA) is 57.6 Å². The van der Waals surface area contributed by atoms with E-state index >= 15 is 0 Å². The number of benzene rings is 3. The summed E-state index contributed by atoms with van der Waals surface area (Å²) in [4.78, 5) is 4.44. The Hall–Kier alpha value is -2.26. The van der Waals surface area contributed by atoms with Crippen molar-refractivity contribution in [3.05, 3.63) is 104 Å². The van der Waals surface area contributed by atoms with Crippen LogP contribution < -0.4 is 4.90 Å². The fourth-order valence-electron chi connectivity index (χ4n) is 4.48. The predicted octanol–water partition coefficient (Wildman–Crippen LogP) is 9.61. The van der Waals surface area contributed by atoms with Crippen molar-refractivity contribution >= 4 is 84.0 Å². The van der Waals surface area contributed by atoms with E-state index in [1.54, 1.807) is 23.1 Å². The van der Waals surface area contributed by atoms with E-state index in [2.05, 4.69) is 42.2 Å². The van der Waals surface area contributed by atoms with Crippen molar-refractivity contribution < 1.29 is 13.0 Å². The summed E-state index contributed by atoms with van der Waals surface area (Å²) in [6, 6.07) is 22.0. The van der Waals surface area contributed by atoms with Gasteiger partial charge in [0.05, 0.1) is 16.5 Å². The number of nitrogens with zero attached hydrogens (tertiary/aromatic N) is 1. The average molecular weight is 603 g/mol. The third-order valence-corrected chi connectivity index (χ3v) is 9.77. The highest BCUT2D eigenvalue weighted by Gasteiger charge is 2.27. The lowest BCUT2D eigenvalue weighted by molar-refractivity contribution is 0.481. The predicted molar refractivity (Wildman–Crippen MR) is 164 cm³/mol. The van der Waals surface area contributed by atoms with E-state index in [0.717, 1.165) is 53.8 Å². The highest BCUT2D eigenvalue weighted by molar-refractivity contribution is 8.03. The van der Waals surface area contributed by atoms with E-state index in [4.69, 9.17) is 23.2 Å². The fourth-order valence-corrected chi connectivity index (χ4v) is 7.66. The van der Waals surface area contributed by atoms with Gasteiger partial charge in [0.1, 0.15) is 0 Å². The monoisotopic (exact) mass is 601 g/mol. The number of halogens is 2. The maximum absolute atomic E-state index is 11.3. The summed E-state index contributed by atoms with van der Waals surface area (Å²) >= 11 is 16.1. The van der Waals surface area contributed by atoms with Crippen LogP contribution in [0.15, 0.2) is 88.3 Å². The number of rotatable bonds is 8. The van der Waals surface area contributed by atoms with Crippen molar-refractivity contribution in [2.75, 3.05) is 10.7 Å². The van der Waals surface area contributed by atoms with Crippen LogP contribution in [-0.2, 0) is 16.5 Å². The molecule has 2 heterocycles. The van der Waals surface area contributed by atoms with Crippen molar-refractivity contribution in [1.29, 1.82) is 0 Å². The first-order valence-electron chi connectivity index (χ1n) is 12.1. The van der Waals surface area contributed by atoms with Crippen molar-refractivity contribution in [2.45, 2.75) is 31.1 Å². The van der Waals surface area contributed by atoms with Crippen LogP contribution in [0, 0.1) is 0 Å². The molecule has 0 radical (unpaired) electrons. The molecule has 0 bridgehead atoms. The van der Waals surface area contributed by atoms with Gasteiger partial charge in [-0.15, -0.1) is 11.3 Å². The Labute approximate surface area is 241 Å². The first kappa shape index (κ1) is 27.3. The van der Waals surface area contributed by atoms with E-state index in [0.29, 0.717) is 22.9 Å². The molecule has 3 aromatic carbocycles. The number of aryl methyl sites for hydroxylation is 1. The molecule has 4 aromatic rings. The third-order valence-electron chi connectivity index (χ3n) is 6.26. The van der Waals surface area contributed by atoms with Gasteiger partial charge in [-0.3, -0.25) is 4.55 Å². The highest BCUT2D eigenvalue weighted by Crippen LogP contribution is 2.51. The molecule has 0 spiro atoms. The summed E-state index contributed by atoms with van der Waals surface area (Å²) in [5.74, 6) is -0.276. The van der Waals surface area contributed by atoms with Gasteiger partial charge in [0.2, 0.25) is 0 Å². The number of thiophene rings is 1. The lowest BCUT2D eigenvalue weighted by atomic mass is 10.0. The summed E-state index contributed by atoms with van der Waals surface area (Å²) in [6.45, 7) is 2.13. The molecule has 1 aromatic heterocycles. The molecule has 38 heavy (non-hydrogen) atoms. The number of thioether (sulfide) groups is 1. The Kier molecular flexibility index (Phi) is 8.24. The lowest BCUT2D eigenvalue weighted by Gasteiger charge is -2.21. The highest BCUT2D eigenvalue weighted by atomic mass is 35.5. The molecule has 0 saturated heterocycles. The van der Waals surface area contributed by atoms with E-state index in [-0.39, 0.29) is 5.75 Å². The van der Waals surface area contributed by atoms with Gasteiger partial charge in [-0.05, 0) is 96.5 Å². The Bertz CT molecular complexity index is 1660. The van der Waals surface area contributed by atoms with Crippen molar-refractivity contribution in [2.24, 2.45) is 0 Å². The Morgan fingerprint density at radius 1 is 1.03 bits per heavy atom. The van der Waals surface area contributed by atoms with Crippen LogP contribution in [0.5, 0.6) is 0 Å². The molecule has 196 valence electrons. The summed E-state index contributed by atoms with van der Waals surface area (Å²) in [7, 11) is -4.02. The van der Waals surface area contributed by atoms with Crippen LogP contribution in [0.4, 0.5) is 11.4 Å². The number of para-hydroxylation sites is 1. The van der Waals surface area contributed by atoms with E-state index in [9.17, 15) is 13.0 Å². The first-order valence-corrected chi connectivity index (χ1v) is 16.1. The average Bonchev–Trinajstić information content (AvgIpc) is 3.40. The molecule has 0 amide bonds. The zero-order valence-electron chi connectivity index (χ0n) is 20.5. The summed E-state index contributed by atoms with van der Waals surface area (Å²) < 4.78 is 33.0. The lowest BCUT2D eigenvalue weighted by Crippen LogP contribution is -2.10. The number of anilines is 2. The molecule has 1 aliphatic heterocycles. The quantitative estimate of drug-likeness (QED) is 0.204. The van der Waals surface area contributed by atoms with E-state index < -0.39 is 10.1 Å². The molecule has 4 nitrogen and oxygen atoms in total. The minimum Gasteiger partial charge on any atom is -0.303 e. The zero-order valence-corrected chi connectivity index (χ0v) is 24.5. The standard InChI is InChI=1S/C29H25Cl2NO3S3/c1-2-19(15-28-23(9-6-14-38(33,34)35)24-17-20(30)10-12-26(24)36-28)16-29-32(22-7-4-3-5-8-22)25-18-21(31)11-13-27(25)37-29/h3-5,7-8,10-13,15-18H,2,6,9,14H2,1H3,(H,33,34,35). The van der Waals surface area contributed by atoms with Gasteiger partial charge < -0.3 is 4.90 Å². The Balaban J connectivity index is 1.57. The van der Waals surface area contributed by atoms with Crippen LogP contribution >= 0.6 is 46.3 Å². The normalized spacial score (nSPS) is 15.0. The molecule has 5 rings (SSSR count). The maximum atomic E-state index is 11.3. The number of fused-ring (bicyclic) bond motifs is 2. The van der Waals surface area contributed by atoms with Crippen LogP contribution in [0.1, 0.15) is 30.2 Å².